The van der Waals surface area contributed by atoms with E-state index in [2.05, 4.69) is 6.07 Å². The van der Waals surface area contributed by atoms with Crippen molar-refractivity contribution >= 4 is 0 Å². The molecule has 2 rings (SSSR count). The molecule has 0 aromatic heterocycles. The second-order valence-electron chi connectivity index (χ2n) is 3.74. The molecule has 0 bridgehead atoms. The van der Waals surface area contributed by atoms with Gasteiger partial charge in [0, 0.05) is 0 Å². The first kappa shape index (κ1) is 9.66. The predicted molar refractivity (Wildman–Crippen MR) is 52.8 cm³/mol. The van der Waals surface area contributed by atoms with Crippen LogP contribution in [0.4, 0.5) is 0 Å². The molecule has 0 unspecified atom stereocenters. The van der Waals surface area contributed by atoms with E-state index < -0.39 is 5.41 Å². The Kier molecular flexibility index (Phi) is 1.97. The lowest BCUT2D eigenvalue weighted by Gasteiger charge is -2.11. The van der Waals surface area contributed by atoms with E-state index in [-0.39, 0.29) is 17.2 Å². The molecule has 1 aromatic carbocycles. The van der Waals surface area contributed by atoms with Crippen molar-refractivity contribution < 1.29 is 14.9 Å². The highest BCUT2D eigenvalue weighted by molar-refractivity contribution is 5.56. The molecule has 0 heterocycles. The predicted octanol–water partition coefficient (Wildman–Crippen LogP) is 1.66. The summed E-state index contributed by atoms with van der Waals surface area (Å²) in [7, 11) is 1.41. The van der Waals surface area contributed by atoms with Gasteiger partial charge in [0.25, 0.3) is 0 Å². The van der Waals surface area contributed by atoms with Crippen LogP contribution in [0.15, 0.2) is 12.1 Å². The number of hydrogen-bond donors (Lipinski definition) is 2. The molecule has 4 heteroatoms. The van der Waals surface area contributed by atoms with E-state index in [0.717, 1.165) is 12.8 Å². The van der Waals surface area contributed by atoms with E-state index in [1.807, 2.05) is 0 Å². The largest absolute Gasteiger partial charge is 0.504 e. The van der Waals surface area contributed by atoms with E-state index in [1.54, 1.807) is 6.07 Å². The van der Waals surface area contributed by atoms with Gasteiger partial charge in [0.05, 0.1) is 18.6 Å². The van der Waals surface area contributed by atoms with Crippen LogP contribution >= 0.6 is 0 Å². The monoisotopic (exact) mass is 205 g/mol. The van der Waals surface area contributed by atoms with Crippen LogP contribution in [0, 0.1) is 11.3 Å². The van der Waals surface area contributed by atoms with Gasteiger partial charge in [-0.1, -0.05) is 0 Å². The van der Waals surface area contributed by atoms with Crippen molar-refractivity contribution in [2.24, 2.45) is 0 Å². The second-order valence-corrected chi connectivity index (χ2v) is 3.74. The Labute approximate surface area is 87.3 Å². The summed E-state index contributed by atoms with van der Waals surface area (Å²) >= 11 is 0. The third-order valence-corrected chi connectivity index (χ3v) is 2.79. The van der Waals surface area contributed by atoms with Crippen molar-refractivity contribution in [1.29, 1.82) is 5.26 Å². The number of methoxy groups -OCH3 is 1. The number of phenols is 2. The lowest BCUT2D eigenvalue weighted by molar-refractivity contribution is 0.350. The van der Waals surface area contributed by atoms with Crippen LogP contribution in [0.25, 0.3) is 0 Å². The maximum atomic E-state index is 9.46. The minimum absolute atomic E-state index is 0.200. The number of benzene rings is 1. The number of nitrogens with zero attached hydrogens (tertiary/aromatic N) is 1. The summed E-state index contributed by atoms with van der Waals surface area (Å²) < 4.78 is 4.91. The van der Waals surface area contributed by atoms with Gasteiger partial charge in [0.15, 0.2) is 11.5 Å². The average molecular weight is 205 g/mol. The SMILES string of the molecule is COc1cc(C2(C#N)CC2)cc(O)c1O. The number of rotatable bonds is 2. The van der Waals surface area contributed by atoms with E-state index in [0.29, 0.717) is 5.56 Å². The molecule has 4 nitrogen and oxygen atoms in total. The summed E-state index contributed by atoms with van der Waals surface area (Å²) in [5, 5.41) is 27.9. The molecule has 1 aliphatic rings. The fourth-order valence-electron chi connectivity index (χ4n) is 1.62. The lowest BCUT2D eigenvalue weighted by atomic mass is 9.97. The highest BCUT2D eigenvalue weighted by atomic mass is 16.5. The van der Waals surface area contributed by atoms with Gasteiger partial charge in [-0.2, -0.15) is 5.26 Å². The van der Waals surface area contributed by atoms with Crippen LogP contribution in [0.3, 0.4) is 0 Å². The fraction of sp³-hybridized carbons (Fsp3) is 0.364. The molecule has 15 heavy (non-hydrogen) atoms. The van der Waals surface area contributed by atoms with Gasteiger partial charge >= 0.3 is 0 Å². The van der Waals surface area contributed by atoms with E-state index in [9.17, 15) is 10.2 Å². The lowest BCUT2D eigenvalue weighted by Crippen LogP contribution is -2.02. The first-order valence-electron chi connectivity index (χ1n) is 4.65. The quantitative estimate of drug-likeness (QED) is 0.720. The molecule has 0 atom stereocenters. The third kappa shape index (κ3) is 1.37. The van der Waals surface area contributed by atoms with Gasteiger partial charge in [0.2, 0.25) is 5.75 Å². The summed E-state index contributed by atoms with van der Waals surface area (Å²) in [4.78, 5) is 0. The number of phenolic OH excluding ortho intramolecular Hbond substituents is 2. The highest BCUT2D eigenvalue weighted by Crippen LogP contribution is 2.51. The molecule has 0 spiro atoms. The maximum Gasteiger partial charge on any atom is 0.200 e. The highest BCUT2D eigenvalue weighted by Gasteiger charge is 2.45. The number of aromatic hydroxyl groups is 2. The van der Waals surface area contributed by atoms with Crippen molar-refractivity contribution in [3.05, 3.63) is 17.7 Å². The summed E-state index contributed by atoms with van der Waals surface area (Å²) in [6, 6.07) is 5.25. The van der Waals surface area contributed by atoms with Gasteiger partial charge in [-0.05, 0) is 30.5 Å². The summed E-state index contributed by atoms with van der Waals surface area (Å²) in [5.41, 5.74) is 0.218. The van der Waals surface area contributed by atoms with Crippen LogP contribution in [0.1, 0.15) is 18.4 Å². The van der Waals surface area contributed by atoms with Gasteiger partial charge in [0.1, 0.15) is 0 Å². The maximum absolute atomic E-state index is 9.46. The Bertz CT molecular complexity index is 444. The topological polar surface area (TPSA) is 73.5 Å². The summed E-state index contributed by atoms with van der Waals surface area (Å²) in [6.07, 6.45) is 1.58. The molecular formula is C11H11NO3. The van der Waals surface area contributed by atoms with E-state index in [4.69, 9.17) is 10.00 Å². The first-order valence-corrected chi connectivity index (χ1v) is 4.65. The molecule has 0 aliphatic heterocycles. The molecule has 78 valence electrons. The van der Waals surface area contributed by atoms with Crippen LogP contribution in [-0.2, 0) is 5.41 Å². The first-order chi connectivity index (χ1) is 7.13. The van der Waals surface area contributed by atoms with Gasteiger partial charge in [-0.25, -0.2) is 0 Å². The zero-order valence-electron chi connectivity index (χ0n) is 8.32. The summed E-state index contributed by atoms with van der Waals surface area (Å²) in [5.74, 6) is -0.326. The third-order valence-electron chi connectivity index (χ3n) is 2.79. The van der Waals surface area contributed by atoms with Crippen molar-refractivity contribution in [2.75, 3.05) is 7.11 Å². The number of nitriles is 1. The van der Waals surface area contributed by atoms with Crippen molar-refractivity contribution in [1.82, 2.24) is 0 Å². The zero-order valence-corrected chi connectivity index (χ0v) is 8.32. The summed E-state index contributed by atoms with van der Waals surface area (Å²) in [6.45, 7) is 0. The minimum Gasteiger partial charge on any atom is -0.504 e. The van der Waals surface area contributed by atoms with Crippen LogP contribution in [0.2, 0.25) is 0 Å². The molecule has 1 aliphatic carbocycles. The standard InChI is InChI=1S/C11H11NO3/c1-15-9-5-7(4-8(13)10(9)14)11(6-12)2-3-11/h4-5,13-14H,2-3H2,1H3. The molecule has 1 aromatic rings. The Morgan fingerprint density at radius 1 is 1.40 bits per heavy atom. The van der Waals surface area contributed by atoms with E-state index in [1.165, 1.54) is 13.2 Å². The van der Waals surface area contributed by atoms with Crippen LogP contribution in [-0.4, -0.2) is 17.3 Å². The average Bonchev–Trinajstić information content (AvgIpc) is 3.02. The molecule has 1 saturated carbocycles. The zero-order chi connectivity index (χ0) is 11.1. The Morgan fingerprint density at radius 3 is 2.53 bits per heavy atom. The Balaban J connectivity index is 2.52. The molecule has 2 N–H and O–H groups in total. The van der Waals surface area contributed by atoms with Crippen molar-refractivity contribution in [3.8, 4) is 23.3 Å². The van der Waals surface area contributed by atoms with Crippen LogP contribution < -0.4 is 4.74 Å². The van der Waals surface area contributed by atoms with Gasteiger partial charge in [-0.3, -0.25) is 0 Å². The molecular weight excluding hydrogens is 194 g/mol. The van der Waals surface area contributed by atoms with Crippen molar-refractivity contribution in [2.45, 2.75) is 18.3 Å². The van der Waals surface area contributed by atoms with Gasteiger partial charge in [-0.15, -0.1) is 0 Å². The van der Waals surface area contributed by atoms with Crippen molar-refractivity contribution in [3.63, 3.8) is 0 Å². The smallest absolute Gasteiger partial charge is 0.200 e. The normalized spacial score (nSPS) is 16.8. The molecule has 0 radical (unpaired) electrons. The second kappa shape index (κ2) is 3.06. The fourth-order valence-corrected chi connectivity index (χ4v) is 1.62. The van der Waals surface area contributed by atoms with Crippen LogP contribution in [0.5, 0.6) is 17.2 Å². The number of hydrogen-bond acceptors (Lipinski definition) is 4. The Hall–Kier alpha value is -1.89. The molecule has 0 amide bonds. The molecule has 0 saturated heterocycles. The molecule has 1 fully saturated rings. The number of ether oxygens (including phenoxy) is 1. The Morgan fingerprint density at radius 2 is 2.07 bits per heavy atom. The van der Waals surface area contributed by atoms with E-state index >= 15 is 0 Å². The minimum atomic E-state index is -0.488. The van der Waals surface area contributed by atoms with Gasteiger partial charge < -0.3 is 14.9 Å².